The number of ether oxygens (including phenoxy) is 7. The number of ketones is 1. The summed E-state index contributed by atoms with van der Waals surface area (Å²) in [7, 11) is 0. The van der Waals surface area contributed by atoms with E-state index in [1.54, 1.807) is 0 Å². The van der Waals surface area contributed by atoms with Gasteiger partial charge in [0.25, 0.3) is 0 Å². The van der Waals surface area contributed by atoms with Crippen LogP contribution in [0.3, 0.4) is 0 Å². The molecule has 0 aromatic heterocycles. The number of rotatable bonds is 10. The molecule has 1 aliphatic heterocycles. The van der Waals surface area contributed by atoms with Crippen molar-refractivity contribution < 1.29 is 128 Å². The lowest BCUT2D eigenvalue weighted by molar-refractivity contribution is -0.325. The van der Waals surface area contributed by atoms with Crippen LogP contribution in [0.5, 0.6) is 0 Å². The summed E-state index contributed by atoms with van der Waals surface area (Å²) in [6.07, 6.45) is -47.0. The Balaban J connectivity index is 2.79. The molecule has 318 valence electrons. The Labute approximate surface area is 300 Å². The second kappa shape index (κ2) is 16.5. The van der Waals surface area contributed by atoms with Gasteiger partial charge in [0.05, 0.1) is 6.10 Å². The molecule has 28 heteroatoms. The van der Waals surface area contributed by atoms with E-state index in [-0.39, 0.29) is 0 Å². The van der Waals surface area contributed by atoms with Crippen LogP contribution in [0.2, 0.25) is 0 Å². The molecule has 0 aromatic rings. The molecule has 1 saturated heterocycles. The molecule has 0 spiro atoms. The van der Waals surface area contributed by atoms with Crippen LogP contribution in [0, 0.1) is 5.41 Å². The fourth-order valence-electron chi connectivity index (χ4n) is 4.64. The van der Waals surface area contributed by atoms with Crippen molar-refractivity contribution in [3.05, 3.63) is 24.3 Å². The van der Waals surface area contributed by atoms with Crippen LogP contribution in [0.1, 0.15) is 27.2 Å². The van der Waals surface area contributed by atoms with Crippen LogP contribution in [0.25, 0.3) is 0 Å². The number of carbonyl (C=O) groups excluding carboxylic acids is 6. The Morgan fingerprint density at radius 3 is 1.57 bits per heavy atom. The lowest BCUT2D eigenvalue weighted by Crippen LogP contribution is -2.64. The highest BCUT2D eigenvalue weighted by Crippen LogP contribution is 2.44. The van der Waals surface area contributed by atoms with Gasteiger partial charge in [0.2, 0.25) is 0 Å². The fourth-order valence-corrected chi connectivity index (χ4v) is 4.64. The van der Waals surface area contributed by atoms with Crippen LogP contribution in [-0.2, 0) is 61.9 Å². The Morgan fingerprint density at radius 2 is 1.14 bits per heavy atom. The van der Waals surface area contributed by atoms with Gasteiger partial charge in [-0.05, 0) is 25.2 Å². The van der Waals surface area contributed by atoms with E-state index >= 15 is 0 Å². The summed E-state index contributed by atoms with van der Waals surface area (Å²) in [6, 6.07) is 0. The summed E-state index contributed by atoms with van der Waals surface area (Å²) in [5.74, 6) is -17.2. The maximum atomic E-state index is 13.3. The topological polar surface area (TPSA) is 167 Å². The highest BCUT2D eigenvalue weighted by molar-refractivity contribution is 5.92. The van der Waals surface area contributed by atoms with Gasteiger partial charge >= 0.3 is 60.7 Å². The van der Waals surface area contributed by atoms with Gasteiger partial charge in [0, 0.05) is 11.8 Å². The fraction of sp³-hybridized carbons (Fsp3) is 0.643. The zero-order valence-electron chi connectivity index (χ0n) is 27.7. The zero-order valence-corrected chi connectivity index (χ0v) is 27.7. The molecule has 1 aliphatic carbocycles. The van der Waals surface area contributed by atoms with Crippen molar-refractivity contribution in [2.75, 3.05) is 6.61 Å². The second-order valence-electron chi connectivity index (χ2n) is 12.0. The number of hydrogen-bond acceptors (Lipinski definition) is 13. The molecule has 2 aliphatic rings. The van der Waals surface area contributed by atoms with Crippen molar-refractivity contribution in [2.24, 2.45) is 5.41 Å². The molecular weight excluding hydrogens is 829 g/mol. The van der Waals surface area contributed by atoms with Gasteiger partial charge in [-0.25, -0.2) is 24.0 Å². The first-order chi connectivity index (χ1) is 25.0. The molecule has 2 unspecified atom stereocenters. The summed E-state index contributed by atoms with van der Waals surface area (Å²) < 4.78 is 227. The lowest BCUT2D eigenvalue weighted by Gasteiger charge is -2.45. The zero-order chi connectivity index (χ0) is 43.6. The highest BCUT2D eigenvalue weighted by Gasteiger charge is 2.60. The smallest absolute Gasteiger partial charge is 0.456 e. The monoisotopic (exact) mass is 852 g/mol. The lowest BCUT2D eigenvalue weighted by atomic mass is 9.68. The van der Waals surface area contributed by atoms with E-state index in [0.29, 0.717) is 24.3 Å². The molecule has 2 rings (SSSR count). The third kappa shape index (κ3) is 12.2. The molecule has 0 saturated carbocycles. The minimum absolute atomic E-state index is 0.558. The van der Waals surface area contributed by atoms with Gasteiger partial charge < -0.3 is 33.2 Å². The molecule has 0 amide bonds. The highest BCUT2D eigenvalue weighted by atomic mass is 19.4. The molecule has 7 atom stereocenters. The number of hydrogen-bond donors (Lipinski definition) is 0. The summed E-state index contributed by atoms with van der Waals surface area (Å²) >= 11 is 0. The predicted octanol–water partition coefficient (Wildman–Crippen LogP) is 4.60. The van der Waals surface area contributed by atoms with Crippen molar-refractivity contribution in [1.82, 2.24) is 0 Å². The van der Waals surface area contributed by atoms with Gasteiger partial charge in [0.15, 0.2) is 36.0 Å². The van der Waals surface area contributed by atoms with Crippen molar-refractivity contribution in [3.8, 4) is 0 Å². The van der Waals surface area contributed by atoms with E-state index in [2.05, 4.69) is 23.7 Å². The summed E-state index contributed by atoms with van der Waals surface area (Å²) in [5.41, 5.74) is -4.33. The molecule has 56 heavy (non-hydrogen) atoms. The van der Waals surface area contributed by atoms with E-state index in [9.17, 15) is 94.6 Å². The summed E-state index contributed by atoms with van der Waals surface area (Å²) in [5, 5.41) is 0. The Hall–Kier alpha value is -4.63. The van der Waals surface area contributed by atoms with Gasteiger partial charge in [-0.3, -0.25) is 4.79 Å². The van der Waals surface area contributed by atoms with E-state index in [0.717, 1.165) is 20.8 Å². The average molecular weight is 852 g/mol. The largest absolute Gasteiger partial charge is 0.490 e. The Bertz CT molecular complexity index is 1570. The second-order valence-corrected chi connectivity index (χ2v) is 12.0. The van der Waals surface area contributed by atoms with E-state index in [4.69, 9.17) is 9.47 Å². The third-order valence-corrected chi connectivity index (χ3v) is 7.27. The van der Waals surface area contributed by atoms with Crippen molar-refractivity contribution in [3.63, 3.8) is 0 Å². The van der Waals surface area contributed by atoms with Gasteiger partial charge in [-0.15, -0.1) is 0 Å². The molecule has 0 aromatic carbocycles. The maximum absolute atomic E-state index is 13.3. The number of esters is 5. The molecule has 0 N–H and O–H groups in total. The number of halogens is 15. The quantitative estimate of drug-likeness (QED) is 0.130. The molecular formula is C28H23F15O13. The summed E-state index contributed by atoms with van der Waals surface area (Å²) in [4.78, 5) is 70.6. The third-order valence-electron chi connectivity index (χ3n) is 7.27. The first-order valence-corrected chi connectivity index (χ1v) is 14.6. The predicted molar refractivity (Wildman–Crippen MR) is 141 cm³/mol. The Kier molecular flexibility index (Phi) is 14.0. The molecule has 0 bridgehead atoms. The number of alkyl halides is 15. The minimum Gasteiger partial charge on any atom is -0.456 e. The van der Waals surface area contributed by atoms with Crippen LogP contribution in [-0.4, -0.2) is 116 Å². The van der Waals surface area contributed by atoms with Crippen molar-refractivity contribution in [1.29, 1.82) is 0 Å². The van der Waals surface area contributed by atoms with Gasteiger partial charge in [-0.2, -0.15) is 65.9 Å². The van der Waals surface area contributed by atoms with Crippen LogP contribution >= 0.6 is 0 Å². The standard InChI is InChI=1S/C28H23F15O13/c1-10(4-6-23(56-21(49)28(41,42)43)7-5-11(44)8-22(23,2)3)51-16-15(55-20(48)27(38,39)40)14(54-19(47)26(35,36)37)13(53-18(46)25(32,33)34)12(52-16)9-50-17(45)24(29,30)31/h4-7,10,12-16H,8-9H2,1-3H3/b6-4+/t10?,12-,13-,14+,15-,16-,23?/m1/s1. The maximum Gasteiger partial charge on any atom is 0.490 e. The van der Waals surface area contributed by atoms with E-state index in [1.807, 2.05) is 0 Å². The van der Waals surface area contributed by atoms with Gasteiger partial charge in [-0.1, -0.05) is 19.9 Å². The van der Waals surface area contributed by atoms with Crippen LogP contribution in [0.15, 0.2) is 24.3 Å². The van der Waals surface area contributed by atoms with Gasteiger partial charge in [0.1, 0.15) is 12.7 Å². The van der Waals surface area contributed by atoms with Crippen molar-refractivity contribution in [2.45, 2.75) is 100 Å². The molecule has 0 radical (unpaired) electrons. The summed E-state index contributed by atoms with van der Waals surface area (Å²) in [6.45, 7) is 0.804. The first kappa shape index (κ1) is 47.5. The first-order valence-electron chi connectivity index (χ1n) is 14.6. The van der Waals surface area contributed by atoms with Crippen molar-refractivity contribution >= 4 is 35.6 Å². The minimum atomic E-state index is -6.22. The molecule has 1 fully saturated rings. The van der Waals surface area contributed by atoms with E-state index < -0.39 is 127 Å². The number of carbonyl (C=O) groups is 6. The molecule has 1 heterocycles. The van der Waals surface area contributed by atoms with Crippen LogP contribution < -0.4 is 0 Å². The van der Waals surface area contributed by atoms with Crippen LogP contribution in [0.4, 0.5) is 65.9 Å². The normalized spacial score (nSPS) is 26.6. The Morgan fingerprint density at radius 1 is 0.714 bits per heavy atom. The SMILES string of the molecule is CC(/C=C/C1(OC(=O)C(F)(F)F)C=CC(=O)CC1(C)C)O[C@@H]1O[C@H](COC(=O)C(F)(F)F)[C@@H](OC(=O)C(F)(F)F)[C@H](OC(=O)C(F)(F)F)[C@H]1OC(=O)C(F)(F)F. The number of allylic oxidation sites excluding steroid dienone is 1. The molecule has 13 nitrogen and oxygen atoms in total. The van der Waals surface area contributed by atoms with E-state index in [1.165, 1.54) is 0 Å². The average Bonchev–Trinajstić information content (AvgIpc) is 3.00.